The number of piperidine rings is 1. The van der Waals surface area contributed by atoms with Crippen molar-refractivity contribution >= 4 is 5.91 Å². The van der Waals surface area contributed by atoms with E-state index in [2.05, 4.69) is 19.9 Å². The summed E-state index contributed by atoms with van der Waals surface area (Å²) < 4.78 is 0. The van der Waals surface area contributed by atoms with E-state index >= 15 is 0 Å². The molecule has 5 rings (SSSR count). The number of fused-ring (bicyclic) bond motifs is 1. The number of amides is 1. The zero-order valence-corrected chi connectivity index (χ0v) is 18.6. The van der Waals surface area contributed by atoms with Crippen LogP contribution >= 0.6 is 0 Å². The van der Waals surface area contributed by atoms with Crippen molar-refractivity contribution in [3.8, 4) is 0 Å². The summed E-state index contributed by atoms with van der Waals surface area (Å²) >= 11 is 0. The summed E-state index contributed by atoms with van der Waals surface area (Å²) in [5.41, 5.74) is 1.99. The first-order valence-electron chi connectivity index (χ1n) is 12.1. The van der Waals surface area contributed by atoms with Crippen LogP contribution in [-0.2, 0) is 13.0 Å². The summed E-state index contributed by atoms with van der Waals surface area (Å²) in [6, 6.07) is -0.225. The van der Waals surface area contributed by atoms with E-state index in [1.165, 1.54) is 44.5 Å². The zero-order valence-electron chi connectivity index (χ0n) is 18.6. The van der Waals surface area contributed by atoms with E-state index in [1.54, 1.807) is 11.1 Å². The number of aromatic amines is 1. The van der Waals surface area contributed by atoms with Gasteiger partial charge in [0.25, 0.3) is 11.5 Å². The van der Waals surface area contributed by atoms with Crippen LogP contribution in [0, 0.1) is 5.92 Å². The Morgan fingerprint density at radius 3 is 2.72 bits per heavy atom. The highest BCUT2D eigenvalue weighted by Crippen LogP contribution is 2.31. The molecule has 2 aromatic heterocycles. The number of carbonyl (C=O) groups is 1. The molecule has 1 saturated carbocycles. The fourth-order valence-electron chi connectivity index (χ4n) is 5.56. The van der Waals surface area contributed by atoms with Crippen molar-refractivity contribution in [2.45, 2.75) is 70.4 Å². The molecule has 4 heterocycles. The number of nitrogens with one attached hydrogen (secondary N) is 1. The maximum Gasteiger partial charge on any atom is 0.274 e. The number of nitrogens with zero attached hydrogens (tertiary/aromatic N) is 5. The molecule has 1 unspecified atom stereocenters. The highest BCUT2D eigenvalue weighted by atomic mass is 16.2. The van der Waals surface area contributed by atoms with E-state index in [0.717, 1.165) is 55.9 Å². The van der Waals surface area contributed by atoms with Crippen LogP contribution in [-0.4, -0.2) is 55.3 Å². The Hall–Kier alpha value is -2.61. The average molecular weight is 437 g/mol. The molecule has 0 radical (unpaired) electrons. The van der Waals surface area contributed by atoms with Crippen LogP contribution in [0.4, 0.5) is 0 Å². The number of rotatable bonds is 4. The van der Waals surface area contributed by atoms with Crippen molar-refractivity contribution in [2.75, 3.05) is 19.6 Å². The smallest absolute Gasteiger partial charge is 0.274 e. The van der Waals surface area contributed by atoms with Gasteiger partial charge in [0.1, 0.15) is 11.5 Å². The molecule has 8 heteroatoms. The van der Waals surface area contributed by atoms with Gasteiger partial charge in [-0.25, -0.2) is 9.97 Å². The fourth-order valence-corrected chi connectivity index (χ4v) is 5.56. The summed E-state index contributed by atoms with van der Waals surface area (Å²) in [7, 11) is 0. The van der Waals surface area contributed by atoms with Gasteiger partial charge in [0.15, 0.2) is 0 Å². The van der Waals surface area contributed by atoms with Gasteiger partial charge in [0.2, 0.25) is 0 Å². The predicted molar refractivity (Wildman–Crippen MR) is 120 cm³/mol. The Labute approximate surface area is 188 Å². The molecule has 2 aliphatic heterocycles. The lowest BCUT2D eigenvalue weighted by Gasteiger charge is -2.36. The number of H-pyrrole nitrogens is 1. The summed E-state index contributed by atoms with van der Waals surface area (Å²) in [4.78, 5) is 46.5. The van der Waals surface area contributed by atoms with Gasteiger partial charge in [-0.1, -0.05) is 19.3 Å². The summed E-state index contributed by atoms with van der Waals surface area (Å²) in [6.07, 6.45) is 14.8. The molecule has 3 aliphatic rings. The molecule has 1 N–H and O–H groups in total. The van der Waals surface area contributed by atoms with Crippen molar-refractivity contribution in [2.24, 2.45) is 5.92 Å². The van der Waals surface area contributed by atoms with Crippen molar-refractivity contribution in [1.82, 2.24) is 29.7 Å². The number of aromatic nitrogens is 4. The first-order valence-corrected chi connectivity index (χ1v) is 12.1. The Morgan fingerprint density at radius 1 is 1.06 bits per heavy atom. The average Bonchev–Trinajstić information content (AvgIpc) is 2.85. The van der Waals surface area contributed by atoms with Gasteiger partial charge < -0.3 is 9.88 Å². The van der Waals surface area contributed by atoms with Gasteiger partial charge >= 0.3 is 0 Å². The van der Waals surface area contributed by atoms with Crippen LogP contribution in [0.3, 0.4) is 0 Å². The minimum Gasteiger partial charge on any atom is -0.327 e. The quantitative estimate of drug-likeness (QED) is 0.792. The van der Waals surface area contributed by atoms with E-state index in [1.807, 2.05) is 0 Å². The van der Waals surface area contributed by atoms with Crippen molar-refractivity contribution < 1.29 is 4.79 Å². The summed E-state index contributed by atoms with van der Waals surface area (Å²) in [5.74, 6) is 1.23. The highest BCUT2D eigenvalue weighted by molar-refractivity contribution is 5.92. The Bertz CT molecular complexity index is 1000. The van der Waals surface area contributed by atoms with Crippen molar-refractivity contribution in [3.63, 3.8) is 0 Å². The van der Waals surface area contributed by atoms with Crippen molar-refractivity contribution in [1.29, 1.82) is 0 Å². The molecule has 0 spiro atoms. The van der Waals surface area contributed by atoms with Gasteiger partial charge in [-0.05, 0) is 38.0 Å². The molecular weight excluding hydrogens is 404 g/mol. The minimum atomic E-state index is -0.225. The van der Waals surface area contributed by atoms with Gasteiger partial charge in [-0.15, -0.1) is 0 Å². The van der Waals surface area contributed by atoms with Gasteiger partial charge in [0, 0.05) is 45.0 Å². The maximum atomic E-state index is 13.1. The number of hydrogen-bond donors (Lipinski definition) is 1. The lowest BCUT2D eigenvalue weighted by molar-refractivity contribution is 0.0592. The van der Waals surface area contributed by atoms with Crippen LogP contribution in [0.25, 0.3) is 0 Å². The topological polar surface area (TPSA) is 95.1 Å². The molecule has 8 nitrogen and oxygen atoms in total. The maximum absolute atomic E-state index is 13.1. The van der Waals surface area contributed by atoms with E-state index < -0.39 is 0 Å². The molecule has 1 saturated heterocycles. The normalized spacial score (nSPS) is 22.5. The second-order valence-electron chi connectivity index (χ2n) is 9.47. The monoisotopic (exact) mass is 436 g/mol. The molecular formula is C24H32N6O2. The van der Waals surface area contributed by atoms with Crippen molar-refractivity contribution in [3.05, 3.63) is 51.7 Å². The van der Waals surface area contributed by atoms with E-state index in [0.29, 0.717) is 24.6 Å². The highest BCUT2D eigenvalue weighted by Gasteiger charge is 2.33. The van der Waals surface area contributed by atoms with E-state index in [4.69, 9.17) is 4.98 Å². The zero-order chi connectivity index (χ0) is 21.9. The molecule has 1 atom stereocenters. The molecule has 0 aromatic carbocycles. The van der Waals surface area contributed by atoms with Crippen LogP contribution < -0.4 is 5.56 Å². The molecule has 1 aliphatic carbocycles. The molecule has 32 heavy (non-hydrogen) atoms. The standard InChI is InChI=1S/C24H32N6O2/c31-23-18-16-29(15-17-6-2-1-3-7-17)13-9-19(18)27-22(28-23)21-8-4-5-12-30(21)24(32)20-14-25-10-11-26-20/h10-11,14,17,21H,1-9,12-13,15-16H2,(H,27,28,31). The second kappa shape index (κ2) is 9.48. The van der Waals surface area contributed by atoms with Gasteiger partial charge in [-0.3, -0.25) is 19.5 Å². The summed E-state index contributed by atoms with van der Waals surface area (Å²) in [6.45, 7) is 3.35. The third kappa shape index (κ3) is 4.46. The number of likely N-dealkylation sites (tertiary alicyclic amines) is 1. The molecule has 1 amide bonds. The molecule has 2 fully saturated rings. The fraction of sp³-hybridized carbons (Fsp3) is 0.625. The molecule has 2 aromatic rings. The number of carbonyl (C=O) groups excluding carboxylic acids is 1. The SMILES string of the molecule is O=C(c1cnccn1)N1CCCCC1c1nc2c(c(=O)[nH]1)CN(CC1CCCCC1)CC2. The molecule has 0 bridgehead atoms. The van der Waals surface area contributed by atoms with E-state index in [-0.39, 0.29) is 17.5 Å². The lowest BCUT2D eigenvalue weighted by atomic mass is 9.88. The van der Waals surface area contributed by atoms with Gasteiger partial charge in [0.05, 0.1) is 23.5 Å². The Kier molecular flexibility index (Phi) is 6.30. The Balaban J connectivity index is 1.35. The molecule has 170 valence electrons. The first kappa shape index (κ1) is 21.2. The van der Waals surface area contributed by atoms with Crippen LogP contribution in [0.1, 0.15) is 85.0 Å². The van der Waals surface area contributed by atoms with Crippen LogP contribution in [0.2, 0.25) is 0 Å². The number of hydrogen-bond acceptors (Lipinski definition) is 6. The second-order valence-corrected chi connectivity index (χ2v) is 9.47. The van der Waals surface area contributed by atoms with Gasteiger partial charge in [-0.2, -0.15) is 0 Å². The third-order valence-electron chi connectivity index (χ3n) is 7.27. The predicted octanol–water partition coefficient (Wildman–Crippen LogP) is 2.87. The van der Waals surface area contributed by atoms with E-state index in [9.17, 15) is 9.59 Å². The van der Waals surface area contributed by atoms with Crippen LogP contribution in [0.15, 0.2) is 23.4 Å². The van der Waals surface area contributed by atoms with Crippen LogP contribution in [0.5, 0.6) is 0 Å². The minimum absolute atomic E-state index is 0.0455. The third-order valence-corrected chi connectivity index (χ3v) is 7.27. The first-order chi connectivity index (χ1) is 15.7. The Morgan fingerprint density at radius 2 is 1.91 bits per heavy atom. The summed E-state index contributed by atoms with van der Waals surface area (Å²) in [5, 5.41) is 0. The lowest BCUT2D eigenvalue weighted by Crippen LogP contribution is -2.42. The largest absolute Gasteiger partial charge is 0.327 e.